The van der Waals surface area contributed by atoms with E-state index < -0.39 is 0 Å². The van der Waals surface area contributed by atoms with Crippen LogP contribution in [0.15, 0.2) is 35.3 Å². The number of aromatic amines is 2. The SMILES string of the molecule is Nc1[nH]ccc2c1[nH]c1cc(=O)ccc12. The van der Waals surface area contributed by atoms with Crippen molar-refractivity contribution in [1.29, 1.82) is 0 Å². The Bertz CT molecular complexity index is 708. The molecule has 0 radical (unpaired) electrons. The lowest BCUT2D eigenvalue weighted by atomic mass is 10.2. The van der Waals surface area contributed by atoms with Crippen LogP contribution in [0.2, 0.25) is 0 Å². The highest BCUT2D eigenvalue weighted by molar-refractivity contribution is 6.09. The Morgan fingerprint density at radius 3 is 2.87 bits per heavy atom. The first-order chi connectivity index (χ1) is 7.25. The van der Waals surface area contributed by atoms with Crippen molar-refractivity contribution < 1.29 is 0 Å². The van der Waals surface area contributed by atoms with Crippen molar-refractivity contribution in [3.05, 3.63) is 40.7 Å². The molecule has 74 valence electrons. The van der Waals surface area contributed by atoms with Crippen molar-refractivity contribution in [2.45, 2.75) is 0 Å². The van der Waals surface area contributed by atoms with E-state index in [0.29, 0.717) is 5.82 Å². The van der Waals surface area contributed by atoms with E-state index in [1.54, 1.807) is 18.3 Å². The van der Waals surface area contributed by atoms with Gasteiger partial charge < -0.3 is 15.7 Å². The summed E-state index contributed by atoms with van der Waals surface area (Å²) in [5.41, 5.74) is 7.46. The summed E-state index contributed by atoms with van der Waals surface area (Å²) in [6.45, 7) is 0. The minimum atomic E-state index is -0.00314. The van der Waals surface area contributed by atoms with Crippen LogP contribution < -0.4 is 11.2 Å². The van der Waals surface area contributed by atoms with E-state index in [1.165, 1.54) is 0 Å². The second-order valence-electron chi connectivity index (χ2n) is 3.51. The van der Waals surface area contributed by atoms with Crippen LogP contribution in [0.4, 0.5) is 5.82 Å². The van der Waals surface area contributed by atoms with E-state index in [9.17, 15) is 4.79 Å². The van der Waals surface area contributed by atoms with E-state index >= 15 is 0 Å². The fourth-order valence-electron chi connectivity index (χ4n) is 1.87. The molecule has 0 aliphatic rings. The minimum absolute atomic E-state index is 0.00314. The molecule has 2 aromatic heterocycles. The highest BCUT2D eigenvalue weighted by atomic mass is 16.1. The summed E-state index contributed by atoms with van der Waals surface area (Å²) in [7, 11) is 0. The van der Waals surface area contributed by atoms with Crippen LogP contribution in [-0.2, 0) is 0 Å². The zero-order valence-electron chi connectivity index (χ0n) is 7.87. The number of aromatic nitrogens is 2. The van der Waals surface area contributed by atoms with Gasteiger partial charge in [-0.2, -0.15) is 0 Å². The van der Waals surface area contributed by atoms with E-state index in [1.807, 2.05) is 12.1 Å². The number of hydrogen-bond donors (Lipinski definition) is 3. The molecule has 0 atom stereocenters. The number of nitrogens with one attached hydrogen (secondary N) is 2. The lowest BCUT2D eigenvalue weighted by Crippen LogP contribution is -1.93. The third-order valence-corrected chi connectivity index (χ3v) is 2.57. The smallest absolute Gasteiger partial charge is 0.180 e. The molecule has 4 nitrogen and oxygen atoms in total. The van der Waals surface area contributed by atoms with Gasteiger partial charge in [-0.05, 0) is 18.2 Å². The second kappa shape index (κ2) is 2.63. The van der Waals surface area contributed by atoms with Crippen molar-refractivity contribution in [3.63, 3.8) is 0 Å². The van der Waals surface area contributed by atoms with Crippen LogP contribution in [0.1, 0.15) is 0 Å². The Hall–Kier alpha value is -2.23. The summed E-state index contributed by atoms with van der Waals surface area (Å²) in [6.07, 6.45) is 1.79. The van der Waals surface area contributed by atoms with Gasteiger partial charge in [0.2, 0.25) is 0 Å². The fraction of sp³-hybridized carbons (Fsp3) is 0. The van der Waals surface area contributed by atoms with Crippen LogP contribution in [0.5, 0.6) is 0 Å². The molecule has 15 heavy (non-hydrogen) atoms. The summed E-state index contributed by atoms with van der Waals surface area (Å²) < 4.78 is 0. The number of fused-ring (bicyclic) bond motifs is 3. The minimum Gasteiger partial charge on any atom is -0.384 e. The molecule has 0 fully saturated rings. The molecule has 0 saturated heterocycles. The number of nitrogen functional groups attached to an aromatic ring is 1. The Balaban J connectivity index is 2.63. The maximum atomic E-state index is 11.2. The summed E-state index contributed by atoms with van der Waals surface area (Å²) >= 11 is 0. The Morgan fingerprint density at radius 2 is 2.00 bits per heavy atom. The Morgan fingerprint density at radius 1 is 1.13 bits per heavy atom. The van der Waals surface area contributed by atoms with E-state index in [4.69, 9.17) is 5.73 Å². The van der Waals surface area contributed by atoms with Gasteiger partial charge in [-0.1, -0.05) is 0 Å². The summed E-state index contributed by atoms with van der Waals surface area (Å²) in [5.74, 6) is 0.580. The molecule has 0 aliphatic carbocycles. The highest BCUT2D eigenvalue weighted by Gasteiger charge is 2.05. The maximum absolute atomic E-state index is 11.2. The molecule has 4 N–H and O–H groups in total. The topological polar surface area (TPSA) is 74.7 Å². The fourth-order valence-corrected chi connectivity index (χ4v) is 1.87. The molecular weight excluding hydrogens is 190 g/mol. The van der Waals surface area contributed by atoms with Crippen molar-refractivity contribution in [1.82, 2.24) is 9.97 Å². The monoisotopic (exact) mass is 199 g/mol. The Kier molecular flexibility index (Phi) is 1.42. The van der Waals surface area contributed by atoms with E-state index in [0.717, 1.165) is 21.8 Å². The highest BCUT2D eigenvalue weighted by Crippen LogP contribution is 2.26. The van der Waals surface area contributed by atoms with Crippen LogP contribution in [0.3, 0.4) is 0 Å². The van der Waals surface area contributed by atoms with Gasteiger partial charge in [0.1, 0.15) is 5.82 Å². The normalized spacial score (nSPS) is 11.2. The molecule has 2 heterocycles. The first-order valence-electron chi connectivity index (χ1n) is 4.64. The van der Waals surface area contributed by atoms with Gasteiger partial charge in [0.05, 0.1) is 11.0 Å². The van der Waals surface area contributed by atoms with Crippen molar-refractivity contribution >= 4 is 27.6 Å². The van der Waals surface area contributed by atoms with E-state index in [-0.39, 0.29) is 5.43 Å². The first kappa shape index (κ1) is 8.11. The molecule has 0 bridgehead atoms. The standard InChI is InChI=1S/C11H9N3O/c12-11-10-8(3-4-13-11)7-2-1-6(15)5-9(7)14-10/h1-5,13-14H,12H2. The number of benzene rings is 1. The molecule has 3 rings (SSSR count). The number of hydrogen-bond acceptors (Lipinski definition) is 2. The lowest BCUT2D eigenvalue weighted by molar-refractivity contribution is 1.35. The zero-order chi connectivity index (χ0) is 10.4. The van der Waals surface area contributed by atoms with Gasteiger partial charge in [-0.3, -0.25) is 4.79 Å². The molecule has 0 aliphatic heterocycles. The third kappa shape index (κ3) is 1.05. The molecule has 3 aromatic rings. The molecule has 0 unspecified atom stereocenters. The zero-order valence-corrected chi connectivity index (χ0v) is 7.87. The third-order valence-electron chi connectivity index (χ3n) is 2.57. The van der Waals surface area contributed by atoms with Gasteiger partial charge in [-0.25, -0.2) is 0 Å². The average Bonchev–Trinajstić information content (AvgIpc) is 2.57. The number of anilines is 1. The van der Waals surface area contributed by atoms with Crippen molar-refractivity contribution in [2.24, 2.45) is 0 Å². The van der Waals surface area contributed by atoms with Gasteiger partial charge >= 0.3 is 0 Å². The lowest BCUT2D eigenvalue weighted by Gasteiger charge is -1.94. The number of nitrogens with two attached hydrogens (primary N) is 1. The number of pyridine rings is 1. The van der Waals surface area contributed by atoms with Crippen LogP contribution >= 0.6 is 0 Å². The quantitative estimate of drug-likeness (QED) is 0.514. The average molecular weight is 199 g/mol. The largest absolute Gasteiger partial charge is 0.384 e. The molecule has 0 spiro atoms. The Labute approximate surface area is 84.7 Å². The van der Waals surface area contributed by atoms with Gasteiger partial charge in [0, 0.05) is 23.0 Å². The maximum Gasteiger partial charge on any atom is 0.180 e. The molecule has 0 amide bonds. The predicted octanol–water partition coefficient (Wildman–Crippen LogP) is 1.59. The van der Waals surface area contributed by atoms with E-state index in [2.05, 4.69) is 9.97 Å². The van der Waals surface area contributed by atoms with Crippen LogP contribution in [0, 0.1) is 0 Å². The molecule has 1 aromatic carbocycles. The van der Waals surface area contributed by atoms with Crippen molar-refractivity contribution in [2.75, 3.05) is 5.73 Å². The van der Waals surface area contributed by atoms with Crippen molar-refractivity contribution in [3.8, 4) is 0 Å². The van der Waals surface area contributed by atoms with Crippen LogP contribution in [0.25, 0.3) is 21.8 Å². The number of H-pyrrole nitrogens is 2. The second-order valence-corrected chi connectivity index (χ2v) is 3.51. The van der Waals surface area contributed by atoms with Gasteiger partial charge in [0.25, 0.3) is 0 Å². The molecular formula is C11H9N3O. The first-order valence-corrected chi connectivity index (χ1v) is 4.64. The van der Waals surface area contributed by atoms with Crippen LogP contribution in [-0.4, -0.2) is 9.97 Å². The van der Waals surface area contributed by atoms with Gasteiger partial charge in [0.15, 0.2) is 5.43 Å². The summed E-state index contributed by atoms with van der Waals surface area (Å²) in [5, 5.41) is 2.05. The number of rotatable bonds is 0. The predicted molar refractivity (Wildman–Crippen MR) is 60.8 cm³/mol. The molecule has 4 heteroatoms. The summed E-state index contributed by atoms with van der Waals surface area (Å²) in [4.78, 5) is 17.2. The van der Waals surface area contributed by atoms with Gasteiger partial charge in [-0.15, -0.1) is 0 Å². The molecule has 0 saturated carbocycles. The summed E-state index contributed by atoms with van der Waals surface area (Å²) in [6, 6.07) is 6.89.